The van der Waals surface area contributed by atoms with Crippen LogP contribution in [0.3, 0.4) is 0 Å². The van der Waals surface area contributed by atoms with Crippen LogP contribution in [0.4, 0.5) is 0 Å². The van der Waals surface area contributed by atoms with Gasteiger partial charge in [-0.1, -0.05) is 42.5 Å². The van der Waals surface area contributed by atoms with Crippen molar-refractivity contribution in [2.75, 3.05) is 41.3 Å². The zero-order valence-corrected chi connectivity index (χ0v) is 19.0. The van der Waals surface area contributed by atoms with Crippen molar-refractivity contribution in [2.45, 2.75) is 13.1 Å². The molecule has 5 nitrogen and oxygen atoms in total. The molecule has 27 heavy (non-hydrogen) atoms. The third-order valence-electron chi connectivity index (χ3n) is 3.98. The van der Waals surface area contributed by atoms with Crippen LogP contribution >= 0.6 is 24.0 Å². The van der Waals surface area contributed by atoms with Crippen LogP contribution in [0.1, 0.15) is 11.1 Å². The van der Waals surface area contributed by atoms with Crippen LogP contribution in [-0.4, -0.2) is 57.1 Å². The minimum atomic E-state index is 0. The highest BCUT2D eigenvalue weighted by Crippen LogP contribution is 2.08. The summed E-state index contributed by atoms with van der Waals surface area (Å²) < 4.78 is 5.75. The minimum absolute atomic E-state index is 0. The molecule has 0 amide bonds. The first kappa shape index (κ1) is 23.2. The summed E-state index contributed by atoms with van der Waals surface area (Å²) in [4.78, 5) is 8.60. The van der Waals surface area contributed by atoms with E-state index in [-0.39, 0.29) is 24.0 Å². The Kier molecular flexibility index (Phi) is 10.8. The summed E-state index contributed by atoms with van der Waals surface area (Å²) in [5.41, 5.74) is 2.56. The van der Waals surface area contributed by atoms with Crippen molar-refractivity contribution in [1.29, 1.82) is 0 Å². The highest BCUT2D eigenvalue weighted by atomic mass is 127. The quantitative estimate of drug-likeness (QED) is 0.356. The topological polar surface area (TPSA) is 40.1 Å². The molecule has 2 rings (SSSR count). The van der Waals surface area contributed by atoms with Crippen LogP contribution in [0.2, 0.25) is 0 Å². The summed E-state index contributed by atoms with van der Waals surface area (Å²) in [7, 11) is 7.98. The van der Waals surface area contributed by atoms with Crippen molar-refractivity contribution >= 4 is 29.9 Å². The van der Waals surface area contributed by atoms with Crippen molar-refractivity contribution < 1.29 is 4.74 Å². The van der Waals surface area contributed by atoms with Gasteiger partial charge in [-0.05, 0) is 37.4 Å². The molecule has 0 atom stereocenters. The average molecular weight is 482 g/mol. The van der Waals surface area contributed by atoms with Gasteiger partial charge in [0.1, 0.15) is 12.4 Å². The first-order valence-electron chi connectivity index (χ1n) is 8.90. The molecular weight excluding hydrogens is 451 g/mol. The molecule has 0 spiro atoms. The lowest BCUT2D eigenvalue weighted by Gasteiger charge is -2.22. The second kappa shape index (κ2) is 12.6. The van der Waals surface area contributed by atoms with Gasteiger partial charge in [-0.15, -0.1) is 24.0 Å². The van der Waals surface area contributed by atoms with Gasteiger partial charge in [-0.2, -0.15) is 0 Å². The van der Waals surface area contributed by atoms with Crippen molar-refractivity contribution in [2.24, 2.45) is 4.99 Å². The van der Waals surface area contributed by atoms with Gasteiger partial charge in [0, 0.05) is 27.2 Å². The number of hydrogen-bond donors (Lipinski definition) is 1. The number of ether oxygens (including phenoxy) is 1. The fourth-order valence-electron chi connectivity index (χ4n) is 2.62. The van der Waals surface area contributed by atoms with E-state index in [2.05, 4.69) is 58.5 Å². The molecule has 0 saturated carbocycles. The summed E-state index contributed by atoms with van der Waals surface area (Å²) in [5, 5.41) is 3.40. The van der Waals surface area contributed by atoms with E-state index in [0.29, 0.717) is 6.61 Å². The molecule has 1 N–H and O–H groups in total. The van der Waals surface area contributed by atoms with Gasteiger partial charge < -0.3 is 19.9 Å². The molecule has 148 valence electrons. The zero-order chi connectivity index (χ0) is 18.8. The molecule has 0 saturated heterocycles. The number of likely N-dealkylation sites (N-methyl/N-ethyl adjacent to an activating group) is 1. The second-order valence-electron chi connectivity index (χ2n) is 6.54. The number of nitrogens with zero attached hydrogens (tertiary/aromatic N) is 3. The van der Waals surface area contributed by atoms with E-state index < -0.39 is 0 Å². The van der Waals surface area contributed by atoms with Gasteiger partial charge in [0.25, 0.3) is 0 Å². The molecule has 6 heteroatoms. The standard InChI is InChI=1S/C21H30N4O.HI/c1-22-21(25(4)14-15-26-20-8-6-5-7-9-20)23-16-18-10-12-19(13-11-18)17-24(2)3;/h5-13H,14-17H2,1-4H3,(H,22,23);1H. The number of rotatable bonds is 8. The predicted octanol–water partition coefficient (Wildman–Crippen LogP) is 3.45. The molecule has 0 aromatic heterocycles. The number of guanidine groups is 1. The summed E-state index contributed by atoms with van der Waals surface area (Å²) in [6.07, 6.45) is 0. The molecule has 0 fully saturated rings. The van der Waals surface area contributed by atoms with Gasteiger partial charge in [0.15, 0.2) is 5.96 Å². The number of nitrogens with one attached hydrogen (secondary N) is 1. The van der Waals surface area contributed by atoms with E-state index in [4.69, 9.17) is 4.74 Å². The Bertz CT molecular complexity index is 674. The van der Waals surface area contributed by atoms with E-state index in [1.807, 2.05) is 37.4 Å². The van der Waals surface area contributed by atoms with Crippen LogP contribution in [0, 0.1) is 0 Å². The molecule has 0 aliphatic heterocycles. The maximum atomic E-state index is 5.75. The van der Waals surface area contributed by atoms with Crippen LogP contribution < -0.4 is 10.1 Å². The van der Waals surface area contributed by atoms with Gasteiger partial charge in [0.05, 0.1) is 6.54 Å². The van der Waals surface area contributed by atoms with Gasteiger partial charge in [0.2, 0.25) is 0 Å². The van der Waals surface area contributed by atoms with Crippen LogP contribution in [-0.2, 0) is 13.1 Å². The Balaban J connectivity index is 0.00000364. The van der Waals surface area contributed by atoms with E-state index in [1.165, 1.54) is 11.1 Å². The fourth-order valence-corrected chi connectivity index (χ4v) is 2.62. The molecule has 0 aliphatic carbocycles. The Morgan fingerprint density at radius 2 is 1.59 bits per heavy atom. The third-order valence-corrected chi connectivity index (χ3v) is 3.98. The Morgan fingerprint density at radius 1 is 0.963 bits per heavy atom. The highest BCUT2D eigenvalue weighted by Gasteiger charge is 2.06. The maximum absolute atomic E-state index is 5.75. The summed E-state index contributed by atoms with van der Waals surface area (Å²) in [5.74, 6) is 1.75. The molecular formula is C21H31IN4O. The predicted molar refractivity (Wildman–Crippen MR) is 124 cm³/mol. The van der Waals surface area contributed by atoms with Crippen molar-refractivity contribution in [3.8, 4) is 5.75 Å². The molecule has 0 aliphatic rings. The number of benzene rings is 2. The molecule has 0 radical (unpaired) electrons. The SMILES string of the molecule is CN=C(NCc1ccc(CN(C)C)cc1)N(C)CCOc1ccccc1.I. The molecule has 2 aromatic rings. The lowest BCUT2D eigenvalue weighted by atomic mass is 10.1. The second-order valence-corrected chi connectivity index (χ2v) is 6.54. The first-order valence-corrected chi connectivity index (χ1v) is 8.90. The number of halogens is 1. The van der Waals surface area contributed by atoms with Crippen molar-refractivity contribution in [3.05, 3.63) is 65.7 Å². The van der Waals surface area contributed by atoms with Crippen LogP contribution in [0.15, 0.2) is 59.6 Å². The lowest BCUT2D eigenvalue weighted by Crippen LogP contribution is -2.40. The molecule has 0 unspecified atom stereocenters. The van der Waals surface area contributed by atoms with E-state index in [0.717, 1.165) is 31.3 Å². The van der Waals surface area contributed by atoms with E-state index >= 15 is 0 Å². The number of aliphatic imine (C=N–C) groups is 1. The van der Waals surface area contributed by atoms with Gasteiger partial charge >= 0.3 is 0 Å². The first-order chi connectivity index (χ1) is 12.6. The number of hydrogen-bond acceptors (Lipinski definition) is 3. The largest absolute Gasteiger partial charge is 0.492 e. The summed E-state index contributed by atoms with van der Waals surface area (Å²) in [6, 6.07) is 18.5. The summed E-state index contributed by atoms with van der Waals surface area (Å²) in [6.45, 7) is 3.08. The fraction of sp³-hybridized carbons (Fsp3) is 0.381. The maximum Gasteiger partial charge on any atom is 0.193 e. The van der Waals surface area contributed by atoms with E-state index in [9.17, 15) is 0 Å². The van der Waals surface area contributed by atoms with E-state index in [1.54, 1.807) is 7.05 Å². The Hall–Kier alpha value is -1.80. The number of para-hydroxylation sites is 1. The molecule has 0 heterocycles. The van der Waals surface area contributed by atoms with Crippen LogP contribution in [0.25, 0.3) is 0 Å². The smallest absolute Gasteiger partial charge is 0.193 e. The Morgan fingerprint density at radius 3 is 2.19 bits per heavy atom. The van der Waals surface area contributed by atoms with Crippen molar-refractivity contribution in [3.63, 3.8) is 0 Å². The average Bonchev–Trinajstić information content (AvgIpc) is 2.64. The summed E-state index contributed by atoms with van der Waals surface area (Å²) >= 11 is 0. The zero-order valence-electron chi connectivity index (χ0n) is 16.7. The molecule has 0 bridgehead atoms. The van der Waals surface area contributed by atoms with Crippen molar-refractivity contribution in [1.82, 2.24) is 15.1 Å². The Labute approximate surface area is 180 Å². The third kappa shape index (κ3) is 8.62. The van der Waals surface area contributed by atoms with Crippen LogP contribution in [0.5, 0.6) is 5.75 Å². The van der Waals surface area contributed by atoms with Gasteiger partial charge in [-0.25, -0.2) is 0 Å². The monoisotopic (exact) mass is 482 g/mol. The highest BCUT2D eigenvalue weighted by molar-refractivity contribution is 14.0. The lowest BCUT2D eigenvalue weighted by molar-refractivity contribution is 0.281. The molecule has 2 aromatic carbocycles. The van der Waals surface area contributed by atoms with Gasteiger partial charge in [-0.3, -0.25) is 4.99 Å². The minimum Gasteiger partial charge on any atom is -0.492 e. The normalized spacial score (nSPS) is 11.1.